The van der Waals surface area contributed by atoms with Crippen LogP contribution in [-0.4, -0.2) is 11.1 Å². The summed E-state index contributed by atoms with van der Waals surface area (Å²) >= 11 is 0. The van der Waals surface area contributed by atoms with E-state index in [4.69, 9.17) is 9.52 Å². The van der Waals surface area contributed by atoms with Gasteiger partial charge < -0.3 is 9.52 Å². The minimum absolute atomic E-state index is 0.00808. The molecule has 1 aromatic rings. The highest BCUT2D eigenvalue weighted by atomic mass is 16.4. The summed E-state index contributed by atoms with van der Waals surface area (Å²) in [6.07, 6.45) is 0.715. The van der Waals surface area contributed by atoms with E-state index >= 15 is 0 Å². The monoisotopic (exact) mass is 208 g/mol. The highest BCUT2D eigenvalue weighted by Crippen LogP contribution is 2.48. The van der Waals surface area contributed by atoms with Crippen LogP contribution in [0.15, 0.2) is 16.5 Å². The van der Waals surface area contributed by atoms with Crippen LogP contribution in [0.3, 0.4) is 0 Å². The van der Waals surface area contributed by atoms with E-state index in [0.717, 1.165) is 11.5 Å². The van der Waals surface area contributed by atoms with Crippen molar-refractivity contribution in [1.82, 2.24) is 0 Å². The van der Waals surface area contributed by atoms with Crippen LogP contribution in [0.2, 0.25) is 0 Å². The lowest BCUT2D eigenvalue weighted by atomic mass is 9.94. The fourth-order valence-electron chi connectivity index (χ4n) is 1.74. The van der Waals surface area contributed by atoms with Crippen molar-refractivity contribution in [1.29, 1.82) is 0 Å². The van der Waals surface area contributed by atoms with Gasteiger partial charge in [0, 0.05) is 11.3 Å². The number of aliphatic carboxylic acids is 1. The fraction of sp³-hybridized carbons (Fsp3) is 0.583. The lowest BCUT2D eigenvalue weighted by molar-refractivity contribution is -0.138. The highest BCUT2D eigenvalue weighted by molar-refractivity contribution is 5.74. The van der Waals surface area contributed by atoms with E-state index in [1.165, 1.54) is 0 Å². The van der Waals surface area contributed by atoms with Crippen LogP contribution >= 0.6 is 0 Å². The zero-order valence-corrected chi connectivity index (χ0v) is 9.28. The standard InChI is InChI=1S/C12H16O3/c1-12(2,3)10-5-4-9(15-10)7-6-8(7)11(13)14/h4-5,7-8H,6H2,1-3H3,(H,13,14). The Kier molecular flexibility index (Phi) is 2.14. The molecule has 3 heteroatoms. The first-order chi connectivity index (χ1) is 6.89. The molecule has 1 fully saturated rings. The molecule has 0 saturated heterocycles. The summed E-state index contributed by atoms with van der Waals surface area (Å²) in [7, 11) is 0. The van der Waals surface area contributed by atoms with E-state index in [1.807, 2.05) is 12.1 Å². The second-order valence-corrected chi connectivity index (χ2v) is 5.24. The maximum atomic E-state index is 10.7. The second-order valence-electron chi connectivity index (χ2n) is 5.24. The molecule has 15 heavy (non-hydrogen) atoms. The zero-order chi connectivity index (χ0) is 11.2. The van der Waals surface area contributed by atoms with Gasteiger partial charge in [-0.15, -0.1) is 0 Å². The largest absolute Gasteiger partial charge is 0.481 e. The minimum atomic E-state index is -0.714. The summed E-state index contributed by atoms with van der Waals surface area (Å²) in [5.41, 5.74) is -0.00808. The molecule has 1 heterocycles. The topological polar surface area (TPSA) is 50.4 Å². The zero-order valence-electron chi connectivity index (χ0n) is 9.28. The lowest BCUT2D eigenvalue weighted by Gasteiger charge is -2.14. The van der Waals surface area contributed by atoms with E-state index < -0.39 is 5.97 Å². The average Bonchev–Trinajstić information content (AvgIpc) is 2.74. The van der Waals surface area contributed by atoms with Gasteiger partial charge in [-0.3, -0.25) is 4.79 Å². The Bertz CT molecular complexity index is 384. The second kappa shape index (κ2) is 3.12. The van der Waals surface area contributed by atoms with Crippen molar-refractivity contribution in [2.45, 2.75) is 38.5 Å². The Hall–Kier alpha value is -1.25. The first-order valence-electron chi connectivity index (χ1n) is 5.22. The number of carboxylic acid groups (broad SMARTS) is 1. The molecular weight excluding hydrogens is 192 g/mol. The molecule has 0 aliphatic heterocycles. The van der Waals surface area contributed by atoms with Gasteiger partial charge in [0.2, 0.25) is 0 Å². The van der Waals surface area contributed by atoms with Crippen LogP contribution < -0.4 is 0 Å². The predicted molar refractivity (Wildman–Crippen MR) is 55.9 cm³/mol. The molecule has 0 bridgehead atoms. The molecule has 2 atom stereocenters. The smallest absolute Gasteiger partial charge is 0.307 e. The summed E-state index contributed by atoms with van der Waals surface area (Å²) in [4.78, 5) is 10.7. The summed E-state index contributed by atoms with van der Waals surface area (Å²) in [6.45, 7) is 6.24. The van der Waals surface area contributed by atoms with Crippen LogP contribution in [0.1, 0.15) is 44.6 Å². The Morgan fingerprint density at radius 1 is 1.47 bits per heavy atom. The summed E-state index contributed by atoms with van der Waals surface area (Å²) in [5, 5.41) is 8.81. The van der Waals surface area contributed by atoms with Crippen LogP contribution in [0.5, 0.6) is 0 Å². The molecule has 1 aliphatic rings. The van der Waals surface area contributed by atoms with Gasteiger partial charge in [-0.1, -0.05) is 20.8 Å². The summed E-state index contributed by atoms with van der Waals surface area (Å²) < 4.78 is 5.69. The molecule has 3 nitrogen and oxygen atoms in total. The molecule has 82 valence electrons. The van der Waals surface area contributed by atoms with Gasteiger partial charge in [0.25, 0.3) is 0 Å². The summed E-state index contributed by atoms with van der Waals surface area (Å²) in [5.74, 6) is 0.900. The molecule has 2 unspecified atom stereocenters. The van der Waals surface area contributed by atoms with Gasteiger partial charge >= 0.3 is 5.97 Å². The van der Waals surface area contributed by atoms with Gasteiger partial charge in [-0.2, -0.15) is 0 Å². The average molecular weight is 208 g/mol. The van der Waals surface area contributed by atoms with E-state index in [2.05, 4.69) is 20.8 Å². The van der Waals surface area contributed by atoms with Crippen LogP contribution in [0, 0.1) is 5.92 Å². The molecular formula is C12H16O3. The number of carboxylic acids is 1. The third-order valence-corrected chi connectivity index (χ3v) is 2.84. The predicted octanol–water partition coefficient (Wildman–Crippen LogP) is 2.77. The minimum Gasteiger partial charge on any atom is -0.481 e. The van der Waals surface area contributed by atoms with Crippen LogP contribution in [-0.2, 0) is 10.2 Å². The maximum absolute atomic E-state index is 10.7. The quantitative estimate of drug-likeness (QED) is 0.813. The van der Waals surface area contributed by atoms with Crippen molar-refractivity contribution in [2.75, 3.05) is 0 Å². The van der Waals surface area contributed by atoms with Crippen molar-refractivity contribution < 1.29 is 14.3 Å². The molecule has 0 amide bonds. The number of furan rings is 1. The van der Waals surface area contributed by atoms with Crippen molar-refractivity contribution in [3.05, 3.63) is 23.7 Å². The molecule has 2 rings (SSSR count). The van der Waals surface area contributed by atoms with Crippen LogP contribution in [0.25, 0.3) is 0 Å². The first-order valence-corrected chi connectivity index (χ1v) is 5.22. The number of rotatable bonds is 2. The van der Waals surface area contributed by atoms with Crippen molar-refractivity contribution in [3.8, 4) is 0 Å². The van der Waals surface area contributed by atoms with E-state index in [9.17, 15) is 4.79 Å². The molecule has 0 radical (unpaired) electrons. The summed E-state index contributed by atoms with van der Waals surface area (Å²) in [6, 6.07) is 3.86. The van der Waals surface area contributed by atoms with Crippen molar-refractivity contribution in [2.24, 2.45) is 5.92 Å². The molecule has 1 saturated carbocycles. The number of carbonyl (C=O) groups is 1. The van der Waals surface area contributed by atoms with E-state index in [0.29, 0.717) is 6.42 Å². The first kappa shape index (κ1) is 10.3. The highest BCUT2D eigenvalue weighted by Gasteiger charge is 2.46. The SMILES string of the molecule is CC(C)(C)c1ccc(C2CC2C(=O)O)o1. The molecule has 0 spiro atoms. The van der Waals surface area contributed by atoms with Gasteiger partial charge in [0.05, 0.1) is 5.92 Å². The molecule has 1 N–H and O–H groups in total. The van der Waals surface area contributed by atoms with Gasteiger partial charge in [0.15, 0.2) is 0 Å². The van der Waals surface area contributed by atoms with E-state index in [1.54, 1.807) is 0 Å². The lowest BCUT2D eigenvalue weighted by Crippen LogP contribution is -2.09. The van der Waals surface area contributed by atoms with E-state index in [-0.39, 0.29) is 17.3 Å². The Labute approximate surface area is 89.1 Å². The Morgan fingerprint density at radius 2 is 2.13 bits per heavy atom. The third kappa shape index (κ3) is 1.91. The molecule has 1 aromatic heterocycles. The van der Waals surface area contributed by atoms with Crippen LogP contribution in [0.4, 0.5) is 0 Å². The Morgan fingerprint density at radius 3 is 2.53 bits per heavy atom. The normalized spacial score (nSPS) is 25.3. The third-order valence-electron chi connectivity index (χ3n) is 2.84. The maximum Gasteiger partial charge on any atom is 0.307 e. The fourth-order valence-corrected chi connectivity index (χ4v) is 1.74. The Balaban J connectivity index is 2.13. The van der Waals surface area contributed by atoms with Gasteiger partial charge in [-0.25, -0.2) is 0 Å². The number of hydrogen-bond acceptors (Lipinski definition) is 2. The van der Waals surface area contributed by atoms with Gasteiger partial charge in [0.1, 0.15) is 11.5 Å². The van der Waals surface area contributed by atoms with Crippen molar-refractivity contribution in [3.63, 3.8) is 0 Å². The molecule has 0 aromatic carbocycles. The van der Waals surface area contributed by atoms with Gasteiger partial charge in [-0.05, 0) is 18.6 Å². The number of hydrogen-bond donors (Lipinski definition) is 1. The molecule has 1 aliphatic carbocycles. The van der Waals surface area contributed by atoms with Crippen molar-refractivity contribution >= 4 is 5.97 Å².